The molecule has 0 radical (unpaired) electrons. The second kappa shape index (κ2) is 8.01. The van der Waals surface area contributed by atoms with Gasteiger partial charge in [-0.3, -0.25) is 4.79 Å². The van der Waals surface area contributed by atoms with Gasteiger partial charge < -0.3 is 14.6 Å². The number of amides is 2. The topological polar surface area (TPSA) is 76.1 Å². The Morgan fingerprint density at radius 3 is 2.73 bits per heavy atom. The minimum Gasteiger partial charge on any atom is -0.497 e. The van der Waals surface area contributed by atoms with Crippen molar-refractivity contribution >= 4 is 12.0 Å². The number of imide groups is 1. The van der Waals surface area contributed by atoms with Crippen LogP contribution in [0.4, 0.5) is 4.79 Å². The highest BCUT2D eigenvalue weighted by atomic mass is 16.6. The molecule has 0 unspecified atom stereocenters. The van der Waals surface area contributed by atoms with Crippen molar-refractivity contribution in [3.05, 3.63) is 65.7 Å². The predicted molar refractivity (Wildman–Crippen MR) is 94.9 cm³/mol. The van der Waals surface area contributed by atoms with Crippen LogP contribution in [0, 0.1) is 0 Å². The first kappa shape index (κ1) is 17.9. The van der Waals surface area contributed by atoms with Crippen molar-refractivity contribution in [2.24, 2.45) is 0 Å². The van der Waals surface area contributed by atoms with Crippen molar-refractivity contribution in [1.82, 2.24) is 4.90 Å². The number of carbonyl (C=O) groups excluding carboxylic acids is 2. The second-order valence-corrected chi connectivity index (χ2v) is 6.14. The van der Waals surface area contributed by atoms with Crippen LogP contribution in [-0.2, 0) is 16.0 Å². The zero-order valence-corrected chi connectivity index (χ0v) is 14.5. The summed E-state index contributed by atoms with van der Waals surface area (Å²) in [5.41, 5.74) is 1.60. The largest absolute Gasteiger partial charge is 0.497 e. The van der Waals surface area contributed by atoms with Crippen LogP contribution in [0.3, 0.4) is 0 Å². The minimum absolute atomic E-state index is 0.149. The van der Waals surface area contributed by atoms with Crippen LogP contribution in [0.5, 0.6) is 5.75 Å². The minimum atomic E-state index is -0.853. The molecular formula is C20H21NO5. The molecule has 0 spiro atoms. The second-order valence-electron chi connectivity index (χ2n) is 6.14. The smallest absolute Gasteiger partial charge is 0.417 e. The average molecular weight is 355 g/mol. The Morgan fingerprint density at radius 2 is 2.04 bits per heavy atom. The summed E-state index contributed by atoms with van der Waals surface area (Å²) in [7, 11) is 1.53. The highest BCUT2D eigenvalue weighted by Crippen LogP contribution is 2.26. The summed E-state index contributed by atoms with van der Waals surface area (Å²) in [6.45, 7) is -0.260. The van der Waals surface area contributed by atoms with Crippen molar-refractivity contribution in [3.8, 4) is 5.75 Å². The zero-order chi connectivity index (χ0) is 18.5. The SMILES string of the molecule is COc1cccc([C@@H](CO)C(=O)N2C(=O)OC[C@H]2Cc2ccccc2)c1. The maximum atomic E-state index is 13.0. The molecule has 0 bridgehead atoms. The van der Waals surface area contributed by atoms with Gasteiger partial charge in [0.15, 0.2) is 0 Å². The Bertz CT molecular complexity index is 777. The molecule has 1 aliphatic rings. The lowest BCUT2D eigenvalue weighted by atomic mass is 9.97. The quantitative estimate of drug-likeness (QED) is 0.861. The van der Waals surface area contributed by atoms with Crippen LogP contribution >= 0.6 is 0 Å². The summed E-state index contributed by atoms with van der Waals surface area (Å²) in [5, 5.41) is 9.80. The molecule has 1 aliphatic heterocycles. The van der Waals surface area contributed by atoms with E-state index >= 15 is 0 Å². The van der Waals surface area contributed by atoms with Gasteiger partial charge in [0.05, 0.1) is 25.7 Å². The highest BCUT2D eigenvalue weighted by molar-refractivity contribution is 5.97. The molecule has 1 saturated heterocycles. The Labute approximate surface area is 152 Å². The number of nitrogens with zero attached hydrogens (tertiary/aromatic N) is 1. The Morgan fingerprint density at radius 1 is 1.27 bits per heavy atom. The van der Waals surface area contributed by atoms with Crippen LogP contribution in [-0.4, -0.2) is 48.4 Å². The van der Waals surface area contributed by atoms with E-state index in [1.54, 1.807) is 24.3 Å². The third kappa shape index (κ3) is 3.70. The molecule has 2 aromatic rings. The number of cyclic esters (lactones) is 1. The van der Waals surface area contributed by atoms with E-state index in [9.17, 15) is 14.7 Å². The van der Waals surface area contributed by atoms with Gasteiger partial charge in [-0.1, -0.05) is 42.5 Å². The Balaban J connectivity index is 1.83. The molecule has 0 aromatic heterocycles. The number of aliphatic hydroxyl groups excluding tert-OH is 1. The number of aliphatic hydroxyl groups is 1. The molecule has 2 amide bonds. The Hall–Kier alpha value is -2.86. The molecule has 1 fully saturated rings. The lowest BCUT2D eigenvalue weighted by Crippen LogP contribution is -2.43. The number of carbonyl (C=O) groups is 2. The van der Waals surface area contributed by atoms with Gasteiger partial charge in [-0.25, -0.2) is 9.69 Å². The first-order valence-electron chi connectivity index (χ1n) is 8.42. The maximum Gasteiger partial charge on any atom is 0.417 e. The molecule has 26 heavy (non-hydrogen) atoms. The van der Waals surface area contributed by atoms with Crippen molar-refractivity contribution in [2.75, 3.05) is 20.3 Å². The molecular weight excluding hydrogens is 334 g/mol. The van der Waals surface area contributed by atoms with Crippen molar-refractivity contribution in [1.29, 1.82) is 0 Å². The number of rotatable bonds is 6. The van der Waals surface area contributed by atoms with Gasteiger partial charge in [0, 0.05) is 0 Å². The average Bonchev–Trinajstić information content (AvgIpc) is 3.03. The number of hydrogen-bond donors (Lipinski definition) is 1. The maximum absolute atomic E-state index is 13.0. The van der Waals surface area contributed by atoms with E-state index in [0.717, 1.165) is 10.5 Å². The summed E-state index contributed by atoms with van der Waals surface area (Å²) < 4.78 is 10.3. The highest BCUT2D eigenvalue weighted by Gasteiger charge is 2.41. The standard InChI is InChI=1S/C20H21NO5/c1-25-17-9-5-8-15(11-17)18(12-22)19(23)21-16(13-26-20(21)24)10-14-6-3-2-4-7-14/h2-9,11,16,18,22H,10,12-13H2,1H3/t16-,18-/m1/s1. The van der Waals surface area contributed by atoms with E-state index in [-0.39, 0.29) is 6.61 Å². The third-order valence-corrected chi connectivity index (χ3v) is 4.49. The van der Waals surface area contributed by atoms with Gasteiger partial charge in [-0.15, -0.1) is 0 Å². The van der Waals surface area contributed by atoms with E-state index in [1.165, 1.54) is 7.11 Å². The number of benzene rings is 2. The van der Waals surface area contributed by atoms with Gasteiger partial charge >= 0.3 is 6.09 Å². The summed E-state index contributed by atoms with van der Waals surface area (Å²) in [4.78, 5) is 26.3. The fourth-order valence-corrected chi connectivity index (χ4v) is 3.12. The van der Waals surface area contributed by atoms with Gasteiger partial charge in [-0.2, -0.15) is 0 Å². The number of hydrogen-bond acceptors (Lipinski definition) is 5. The van der Waals surface area contributed by atoms with Crippen LogP contribution < -0.4 is 4.74 Å². The van der Waals surface area contributed by atoms with Crippen LogP contribution in [0.2, 0.25) is 0 Å². The van der Waals surface area contributed by atoms with E-state index in [1.807, 2.05) is 30.3 Å². The van der Waals surface area contributed by atoms with E-state index in [0.29, 0.717) is 17.7 Å². The first-order chi connectivity index (χ1) is 12.6. The lowest BCUT2D eigenvalue weighted by molar-refractivity contribution is -0.131. The zero-order valence-electron chi connectivity index (χ0n) is 14.5. The van der Waals surface area contributed by atoms with Crippen molar-refractivity contribution in [3.63, 3.8) is 0 Å². The third-order valence-electron chi connectivity index (χ3n) is 4.49. The normalized spacial score (nSPS) is 17.7. The van der Waals surface area contributed by atoms with E-state index in [2.05, 4.69) is 0 Å². The fraction of sp³-hybridized carbons (Fsp3) is 0.300. The number of ether oxygens (including phenoxy) is 2. The first-order valence-corrected chi connectivity index (χ1v) is 8.42. The summed E-state index contributed by atoms with van der Waals surface area (Å²) in [6.07, 6.45) is -0.161. The molecule has 6 heteroatoms. The monoisotopic (exact) mass is 355 g/mol. The summed E-state index contributed by atoms with van der Waals surface area (Å²) in [6, 6.07) is 16.1. The molecule has 2 aromatic carbocycles. The van der Waals surface area contributed by atoms with Crippen molar-refractivity contribution < 1.29 is 24.2 Å². The van der Waals surface area contributed by atoms with E-state index < -0.39 is 30.6 Å². The summed E-state index contributed by atoms with van der Waals surface area (Å²) in [5.74, 6) is -0.739. The molecule has 1 N–H and O–H groups in total. The Kier molecular flexibility index (Phi) is 5.53. The fourth-order valence-electron chi connectivity index (χ4n) is 3.12. The van der Waals surface area contributed by atoms with Gasteiger partial charge in [0.1, 0.15) is 12.4 Å². The van der Waals surface area contributed by atoms with Gasteiger partial charge in [0.25, 0.3) is 0 Å². The molecule has 136 valence electrons. The molecule has 0 saturated carbocycles. The lowest BCUT2D eigenvalue weighted by Gasteiger charge is -2.24. The predicted octanol–water partition coefficient (Wildman–Crippen LogP) is 2.36. The van der Waals surface area contributed by atoms with Crippen LogP contribution in [0.15, 0.2) is 54.6 Å². The summed E-state index contributed by atoms with van der Waals surface area (Å²) >= 11 is 0. The molecule has 3 rings (SSSR count). The molecule has 1 heterocycles. The molecule has 2 atom stereocenters. The van der Waals surface area contributed by atoms with Gasteiger partial charge in [-0.05, 0) is 29.7 Å². The van der Waals surface area contributed by atoms with Crippen LogP contribution in [0.1, 0.15) is 17.0 Å². The van der Waals surface area contributed by atoms with Crippen molar-refractivity contribution in [2.45, 2.75) is 18.4 Å². The number of methoxy groups -OCH3 is 1. The molecule has 6 nitrogen and oxygen atoms in total. The van der Waals surface area contributed by atoms with Gasteiger partial charge in [0.2, 0.25) is 5.91 Å². The molecule has 0 aliphatic carbocycles. The van der Waals surface area contributed by atoms with E-state index in [4.69, 9.17) is 9.47 Å². The van der Waals surface area contributed by atoms with Crippen LogP contribution in [0.25, 0.3) is 0 Å².